The molecule has 3 heterocycles. The van der Waals surface area contributed by atoms with Crippen molar-refractivity contribution in [2.24, 2.45) is 0 Å². The summed E-state index contributed by atoms with van der Waals surface area (Å²) in [7, 11) is 0. The lowest BCUT2D eigenvalue weighted by Gasteiger charge is -2.16. The summed E-state index contributed by atoms with van der Waals surface area (Å²) in [6, 6.07) is 4.92. The Hall–Kier alpha value is -4.63. The molecular formula is C25H29N7O8. The van der Waals surface area contributed by atoms with Gasteiger partial charge in [-0.15, -0.1) is 0 Å². The van der Waals surface area contributed by atoms with Gasteiger partial charge >= 0.3 is 11.9 Å². The topological polar surface area (TPSA) is 232 Å². The Morgan fingerprint density at radius 1 is 1.25 bits per heavy atom. The number of hydrogen-bond donors (Lipinski definition) is 6. The van der Waals surface area contributed by atoms with Crippen LogP contribution >= 0.6 is 0 Å². The smallest absolute Gasteiger partial charge is 0.326 e. The van der Waals surface area contributed by atoms with Crippen LogP contribution in [0.2, 0.25) is 0 Å². The first-order valence-electron chi connectivity index (χ1n) is 12.5. The van der Waals surface area contributed by atoms with E-state index < -0.39 is 41.7 Å². The van der Waals surface area contributed by atoms with Gasteiger partial charge in [-0.1, -0.05) is 0 Å². The third-order valence-electron chi connectivity index (χ3n) is 6.17. The quantitative estimate of drug-likeness (QED) is 0.171. The minimum absolute atomic E-state index is 0.0537. The van der Waals surface area contributed by atoms with Crippen LogP contribution in [0.4, 0.5) is 11.6 Å². The van der Waals surface area contributed by atoms with Crippen molar-refractivity contribution in [3.8, 4) is 0 Å². The van der Waals surface area contributed by atoms with Gasteiger partial charge in [0.2, 0.25) is 5.95 Å². The Labute approximate surface area is 227 Å². The number of aliphatic hydroxyl groups is 1. The van der Waals surface area contributed by atoms with E-state index in [0.29, 0.717) is 17.8 Å². The number of nitrogens with one attached hydrogen (secondary N) is 3. The van der Waals surface area contributed by atoms with Gasteiger partial charge in [-0.3, -0.25) is 19.4 Å². The number of aliphatic carboxylic acids is 1. The van der Waals surface area contributed by atoms with Crippen molar-refractivity contribution in [3.05, 3.63) is 52.1 Å². The second-order valence-electron chi connectivity index (χ2n) is 9.29. The van der Waals surface area contributed by atoms with Crippen molar-refractivity contribution >= 4 is 40.6 Å². The molecule has 212 valence electrons. The van der Waals surface area contributed by atoms with Crippen LogP contribution in [0.3, 0.4) is 0 Å². The Kier molecular flexibility index (Phi) is 8.86. The van der Waals surface area contributed by atoms with Crippen LogP contribution in [0, 0.1) is 0 Å². The lowest BCUT2D eigenvalue weighted by Crippen LogP contribution is -2.41. The van der Waals surface area contributed by atoms with Crippen molar-refractivity contribution < 1.29 is 34.1 Å². The molecule has 0 aliphatic carbocycles. The van der Waals surface area contributed by atoms with Gasteiger partial charge in [-0.2, -0.15) is 4.98 Å². The summed E-state index contributed by atoms with van der Waals surface area (Å²) in [6.07, 6.45) is -0.00810. The van der Waals surface area contributed by atoms with Crippen molar-refractivity contribution in [3.63, 3.8) is 0 Å². The number of ether oxygens (including phenoxy) is 2. The molecule has 1 fully saturated rings. The van der Waals surface area contributed by atoms with E-state index in [-0.39, 0.29) is 54.8 Å². The van der Waals surface area contributed by atoms with Gasteiger partial charge in [0.25, 0.3) is 11.5 Å². The van der Waals surface area contributed by atoms with Crippen molar-refractivity contribution in [1.82, 2.24) is 25.3 Å². The van der Waals surface area contributed by atoms with E-state index in [1.807, 2.05) is 0 Å². The summed E-state index contributed by atoms with van der Waals surface area (Å²) < 4.78 is 10.5. The maximum Gasteiger partial charge on any atom is 0.326 e. The van der Waals surface area contributed by atoms with Crippen LogP contribution in [-0.4, -0.2) is 79.0 Å². The number of H-pyrrole nitrogens is 1. The molecule has 0 radical (unpaired) electrons. The lowest BCUT2D eigenvalue weighted by molar-refractivity contribution is -0.149. The molecule has 2 aromatic heterocycles. The van der Waals surface area contributed by atoms with Crippen LogP contribution in [-0.2, 0) is 25.6 Å². The Bertz CT molecular complexity index is 1450. The number of carboxylic acids is 1. The van der Waals surface area contributed by atoms with Gasteiger partial charge in [-0.25, -0.2) is 14.8 Å². The van der Waals surface area contributed by atoms with E-state index >= 15 is 0 Å². The Balaban J connectivity index is 1.26. The minimum atomic E-state index is -1.31. The van der Waals surface area contributed by atoms with Crippen molar-refractivity contribution in [2.45, 2.75) is 57.1 Å². The highest BCUT2D eigenvalue weighted by Crippen LogP contribution is 2.20. The van der Waals surface area contributed by atoms with Gasteiger partial charge in [0.15, 0.2) is 11.2 Å². The maximum atomic E-state index is 12.6. The number of carbonyl (C=O) groups is 3. The number of nitrogens with zero attached hydrogens (tertiary/aromatic N) is 3. The summed E-state index contributed by atoms with van der Waals surface area (Å²) >= 11 is 0. The largest absolute Gasteiger partial charge is 0.480 e. The molecule has 0 bridgehead atoms. The highest BCUT2D eigenvalue weighted by atomic mass is 16.6. The first-order valence-corrected chi connectivity index (χ1v) is 12.5. The third kappa shape index (κ3) is 7.27. The van der Waals surface area contributed by atoms with Gasteiger partial charge in [0.05, 0.1) is 30.6 Å². The average molecular weight is 556 g/mol. The number of aromatic amines is 1. The first-order chi connectivity index (χ1) is 19.1. The van der Waals surface area contributed by atoms with Crippen LogP contribution in [0.15, 0.2) is 35.3 Å². The van der Waals surface area contributed by atoms with E-state index in [1.54, 1.807) is 19.1 Å². The molecule has 1 aromatic carbocycles. The molecule has 40 heavy (non-hydrogen) atoms. The number of fused-ring (bicyclic) bond motifs is 1. The number of nitrogens with two attached hydrogens (primary N) is 1. The fraction of sp³-hybridized carbons (Fsp3) is 0.400. The van der Waals surface area contributed by atoms with E-state index in [9.17, 15) is 29.4 Å². The van der Waals surface area contributed by atoms with Gasteiger partial charge < -0.3 is 36.1 Å². The summed E-state index contributed by atoms with van der Waals surface area (Å²) in [4.78, 5) is 63.0. The van der Waals surface area contributed by atoms with E-state index in [2.05, 4.69) is 30.6 Å². The zero-order valence-corrected chi connectivity index (χ0v) is 21.5. The molecule has 1 aliphatic heterocycles. The highest BCUT2D eigenvalue weighted by Gasteiger charge is 2.32. The van der Waals surface area contributed by atoms with Gasteiger partial charge in [0.1, 0.15) is 18.8 Å². The molecule has 0 spiro atoms. The summed E-state index contributed by atoms with van der Waals surface area (Å²) in [5.41, 5.74) is 6.49. The molecule has 1 saturated heterocycles. The molecule has 4 atom stereocenters. The van der Waals surface area contributed by atoms with Crippen molar-refractivity contribution in [1.29, 1.82) is 0 Å². The number of amides is 1. The molecule has 4 unspecified atom stereocenters. The molecule has 3 aromatic rings. The monoisotopic (exact) mass is 555 g/mol. The Morgan fingerprint density at radius 2 is 2.00 bits per heavy atom. The van der Waals surface area contributed by atoms with Crippen molar-refractivity contribution in [2.75, 3.05) is 17.7 Å². The van der Waals surface area contributed by atoms with E-state index in [4.69, 9.17) is 15.2 Å². The second kappa shape index (κ2) is 12.5. The molecule has 15 nitrogen and oxygen atoms in total. The average Bonchev–Trinajstić information content (AvgIpc) is 3.25. The van der Waals surface area contributed by atoms with E-state index in [1.165, 1.54) is 18.3 Å². The summed E-state index contributed by atoms with van der Waals surface area (Å²) in [5, 5.41) is 24.8. The minimum Gasteiger partial charge on any atom is -0.480 e. The molecule has 4 rings (SSSR count). The van der Waals surface area contributed by atoms with Crippen LogP contribution < -0.4 is 21.9 Å². The number of nitrogen functional groups attached to an aromatic ring is 1. The number of carbonyl (C=O) groups excluding carboxylic acids is 2. The fourth-order valence-electron chi connectivity index (χ4n) is 4.08. The van der Waals surface area contributed by atoms with E-state index in [0.717, 1.165) is 0 Å². The van der Waals surface area contributed by atoms with Crippen LogP contribution in [0.5, 0.6) is 0 Å². The van der Waals surface area contributed by atoms with Crippen LogP contribution in [0.1, 0.15) is 42.2 Å². The zero-order chi connectivity index (χ0) is 28.8. The Morgan fingerprint density at radius 3 is 2.67 bits per heavy atom. The summed E-state index contributed by atoms with van der Waals surface area (Å²) in [6.45, 7) is 1.89. The van der Waals surface area contributed by atoms with Gasteiger partial charge in [0, 0.05) is 24.1 Å². The predicted molar refractivity (Wildman–Crippen MR) is 140 cm³/mol. The fourth-order valence-corrected chi connectivity index (χ4v) is 4.08. The number of carboxylic acid groups (broad SMARTS) is 1. The molecular weight excluding hydrogens is 526 g/mol. The molecule has 7 N–H and O–H groups in total. The number of esters is 1. The maximum absolute atomic E-state index is 12.6. The standard InChI is InChI=1S/C25H29N7O8/c1-12-8-17(33)18(40-12)11-39-19(34)7-6-16(24(37)38)30-22(35)13-2-4-14(5-3-13)27-9-15-10-28-21-20(29-15)23(36)32-25(26)31-21/h2-5,10,12,16-18,27,33H,6-9,11H2,1H3,(H,30,35)(H,37,38)(H3,26,28,31,32,36). The lowest BCUT2D eigenvalue weighted by atomic mass is 10.1. The zero-order valence-electron chi connectivity index (χ0n) is 21.5. The third-order valence-corrected chi connectivity index (χ3v) is 6.17. The SMILES string of the molecule is CC1CC(O)C(COC(=O)CCC(NC(=O)c2ccc(NCc3cnc4nc(N)[nH]c(=O)c4n3)cc2)C(=O)O)O1. The normalized spacial score (nSPS) is 19.2. The number of aliphatic hydroxyl groups excluding tert-OH is 1. The molecule has 15 heteroatoms. The highest BCUT2D eigenvalue weighted by molar-refractivity contribution is 5.97. The summed E-state index contributed by atoms with van der Waals surface area (Å²) in [5.74, 6) is -2.64. The number of aromatic nitrogens is 4. The first kappa shape index (κ1) is 28.4. The van der Waals surface area contributed by atoms with Crippen LogP contribution in [0.25, 0.3) is 11.2 Å². The molecule has 1 amide bonds. The molecule has 1 aliphatic rings. The number of rotatable bonds is 11. The number of hydrogen-bond acceptors (Lipinski definition) is 12. The second-order valence-corrected chi connectivity index (χ2v) is 9.29. The predicted octanol–water partition coefficient (Wildman–Crippen LogP) is -0.0479. The van der Waals surface area contributed by atoms with Gasteiger partial charge in [-0.05, 0) is 37.6 Å². The molecule has 0 saturated carbocycles. The number of benzene rings is 1. The number of anilines is 2.